The molecule has 0 radical (unpaired) electrons. The summed E-state index contributed by atoms with van der Waals surface area (Å²) in [6.45, 7) is 4.81. The average molecular weight is 926 g/mol. The molecule has 22 nitrogen and oxygen atoms in total. The first-order chi connectivity index (χ1) is 31.1. The Balaban J connectivity index is 1.45. The van der Waals surface area contributed by atoms with Gasteiger partial charge in [0.15, 0.2) is 40.4 Å². The van der Waals surface area contributed by atoms with Crippen molar-refractivity contribution in [1.82, 2.24) is 30.8 Å². The Morgan fingerprint density at radius 3 is 1.83 bits per heavy atom. The highest BCUT2D eigenvalue weighted by Crippen LogP contribution is 2.23. The van der Waals surface area contributed by atoms with Crippen LogP contribution in [0.5, 0.6) is 5.75 Å². The number of aromatic nitrogens is 2. The molecule has 23 heteroatoms. The number of hydrogen-bond acceptors (Lipinski definition) is 14. The molecule has 0 aliphatic rings. The SMILES string of the molecule is NC(N)=NCCCC[C@@H](N)C(=O)NCCCN(CCCNC(=O)[C@H](N)CCCCN=C(N)N)CCOc1ccc2cc(CCCCN=C(N)NC(=O)c3nc(Cl)c(N)nc3N)ccc2c1. The van der Waals surface area contributed by atoms with Crippen LogP contribution in [0.25, 0.3) is 10.8 Å². The molecule has 2 aromatic carbocycles. The van der Waals surface area contributed by atoms with Crippen LogP contribution in [0.15, 0.2) is 51.4 Å². The van der Waals surface area contributed by atoms with Crippen LogP contribution >= 0.6 is 11.6 Å². The predicted octanol–water partition coefficient (Wildman–Crippen LogP) is -0.250. The van der Waals surface area contributed by atoms with Crippen molar-refractivity contribution in [3.05, 3.63) is 52.8 Å². The molecule has 1 heterocycles. The number of rotatable bonds is 30. The van der Waals surface area contributed by atoms with Crippen molar-refractivity contribution in [3.63, 3.8) is 0 Å². The molecular weight excluding hydrogens is 856 g/mol. The predicted molar refractivity (Wildman–Crippen MR) is 259 cm³/mol. The summed E-state index contributed by atoms with van der Waals surface area (Å²) < 4.78 is 6.21. The van der Waals surface area contributed by atoms with E-state index >= 15 is 0 Å². The number of halogens is 1. The normalized spacial score (nSPS) is 12.3. The van der Waals surface area contributed by atoms with Crippen LogP contribution in [0, 0.1) is 0 Å². The molecule has 0 spiro atoms. The Hall–Kier alpha value is -6.23. The number of fused-ring (bicyclic) bond motifs is 1. The second-order valence-corrected chi connectivity index (χ2v) is 15.8. The fourth-order valence-electron chi connectivity index (χ4n) is 6.53. The number of amides is 3. The van der Waals surface area contributed by atoms with Gasteiger partial charge in [0, 0.05) is 39.3 Å². The van der Waals surface area contributed by atoms with Crippen LogP contribution in [-0.4, -0.2) is 122 Å². The number of nitrogens with zero attached hydrogens (tertiary/aromatic N) is 6. The maximum absolute atomic E-state index is 12.6. The van der Waals surface area contributed by atoms with Crippen molar-refractivity contribution in [2.45, 2.75) is 82.7 Å². The lowest BCUT2D eigenvalue weighted by Gasteiger charge is -2.23. The summed E-state index contributed by atoms with van der Waals surface area (Å²) in [4.78, 5) is 59.7. The van der Waals surface area contributed by atoms with Gasteiger partial charge in [0.25, 0.3) is 5.91 Å². The van der Waals surface area contributed by atoms with Gasteiger partial charge in [0.1, 0.15) is 12.4 Å². The lowest BCUT2D eigenvalue weighted by molar-refractivity contribution is -0.123. The first-order valence-corrected chi connectivity index (χ1v) is 22.3. The number of aliphatic imine (C=N–C) groups is 3. The highest BCUT2D eigenvalue weighted by Gasteiger charge is 2.17. The number of benzene rings is 2. The zero-order valence-electron chi connectivity index (χ0n) is 37.2. The highest BCUT2D eigenvalue weighted by molar-refractivity contribution is 6.31. The minimum atomic E-state index is -0.687. The van der Waals surface area contributed by atoms with E-state index in [4.69, 9.17) is 67.9 Å². The van der Waals surface area contributed by atoms with Crippen molar-refractivity contribution in [2.24, 2.45) is 55.1 Å². The number of nitrogen functional groups attached to an aromatic ring is 2. The number of nitrogens with two attached hydrogens (primary N) is 9. The van der Waals surface area contributed by atoms with Crippen LogP contribution in [0.4, 0.5) is 11.6 Å². The number of anilines is 2. The summed E-state index contributed by atoms with van der Waals surface area (Å²) in [6, 6.07) is 11.1. The Kier molecular flexibility index (Phi) is 23.9. The van der Waals surface area contributed by atoms with E-state index in [1.54, 1.807) is 0 Å². The smallest absolute Gasteiger partial charge is 0.280 e. The van der Waals surface area contributed by atoms with Gasteiger partial charge in [-0.3, -0.25) is 39.6 Å². The molecule has 0 saturated carbocycles. The van der Waals surface area contributed by atoms with Crippen LogP contribution in [0.1, 0.15) is 80.3 Å². The van der Waals surface area contributed by atoms with Gasteiger partial charge in [-0.2, -0.15) is 0 Å². The molecule has 0 saturated heterocycles. The van der Waals surface area contributed by atoms with Crippen LogP contribution in [0.3, 0.4) is 0 Å². The Bertz CT molecular complexity index is 2010. The molecule has 65 heavy (non-hydrogen) atoms. The van der Waals surface area contributed by atoms with Gasteiger partial charge in [0.2, 0.25) is 11.8 Å². The molecule has 2 atom stereocenters. The van der Waals surface area contributed by atoms with Crippen LogP contribution in [0.2, 0.25) is 5.15 Å². The Morgan fingerprint density at radius 2 is 1.23 bits per heavy atom. The third-order valence-electron chi connectivity index (χ3n) is 10.1. The minimum absolute atomic E-state index is 0.0456. The summed E-state index contributed by atoms with van der Waals surface area (Å²) in [5.41, 5.74) is 51.8. The third-order valence-corrected chi connectivity index (χ3v) is 10.4. The minimum Gasteiger partial charge on any atom is -0.492 e. The molecule has 0 fully saturated rings. The summed E-state index contributed by atoms with van der Waals surface area (Å²) in [7, 11) is 0. The largest absolute Gasteiger partial charge is 0.492 e. The molecule has 3 rings (SSSR count). The van der Waals surface area contributed by atoms with E-state index in [1.165, 1.54) is 5.56 Å². The fourth-order valence-corrected chi connectivity index (χ4v) is 6.66. The number of unbranched alkanes of at least 4 members (excludes halogenated alkanes) is 3. The van der Waals surface area contributed by atoms with Gasteiger partial charge in [0.05, 0.1) is 12.1 Å². The van der Waals surface area contributed by atoms with Crippen molar-refractivity contribution < 1.29 is 19.1 Å². The van der Waals surface area contributed by atoms with Crippen molar-refractivity contribution >= 4 is 69.6 Å². The quantitative estimate of drug-likeness (QED) is 0.0233. The standard InChI is InChI=1S/C42H69ClN18O4/c43-34-36(47)59-35(46)33(58-34)39(64)60-42(52)57-18-4-1-9-27-12-13-29-26-30(15-14-28(29)25-27)65-24-23-61(21-7-19-53-37(62)31(44)10-2-5-16-55-40(48)49)22-8-20-54-38(63)32(45)11-3-6-17-56-41(50)51/h12-15,25-26,31-32H,1-11,16-24,44-45H2,(H,53,62)(H,54,63)(H4,46,47,59)(H4,48,49,55)(H4,50,51,56)(H3,52,57,60,64)/t31-,32-/m1/s1. The number of ether oxygens (including phenoxy) is 1. The van der Waals surface area contributed by atoms with Crippen LogP contribution in [-0.2, 0) is 16.0 Å². The lowest BCUT2D eigenvalue weighted by Crippen LogP contribution is -2.42. The van der Waals surface area contributed by atoms with Crippen molar-refractivity contribution in [3.8, 4) is 5.75 Å². The van der Waals surface area contributed by atoms with Gasteiger partial charge in [-0.15, -0.1) is 0 Å². The first-order valence-electron chi connectivity index (χ1n) is 21.9. The van der Waals surface area contributed by atoms with Gasteiger partial charge < -0.3 is 67.0 Å². The van der Waals surface area contributed by atoms with Gasteiger partial charge in [-0.1, -0.05) is 35.9 Å². The van der Waals surface area contributed by atoms with Gasteiger partial charge >= 0.3 is 0 Å². The van der Waals surface area contributed by atoms with E-state index in [0.29, 0.717) is 84.6 Å². The molecule has 3 aromatic rings. The number of aryl methyl sites for hydroxylation is 1. The van der Waals surface area contributed by atoms with Crippen molar-refractivity contribution in [1.29, 1.82) is 0 Å². The average Bonchev–Trinajstić information content (AvgIpc) is 3.26. The van der Waals surface area contributed by atoms with E-state index in [9.17, 15) is 14.4 Å². The summed E-state index contributed by atoms with van der Waals surface area (Å²) in [5, 5.41) is 10.3. The zero-order valence-corrected chi connectivity index (χ0v) is 37.9. The second-order valence-electron chi connectivity index (χ2n) is 15.5. The van der Waals surface area contributed by atoms with E-state index < -0.39 is 18.0 Å². The van der Waals surface area contributed by atoms with E-state index in [-0.39, 0.29) is 52.2 Å². The molecule has 0 bridgehead atoms. The summed E-state index contributed by atoms with van der Waals surface area (Å²) >= 11 is 5.86. The number of nitrogens with one attached hydrogen (secondary N) is 3. The zero-order chi connectivity index (χ0) is 47.6. The Labute approximate surface area is 385 Å². The maximum Gasteiger partial charge on any atom is 0.280 e. The van der Waals surface area contributed by atoms with E-state index in [1.807, 2.05) is 18.2 Å². The molecule has 0 unspecified atom stereocenters. The first kappa shape index (κ1) is 53.1. The summed E-state index contributed by atoms with van der Waals surface area (Å²) in [6.07, 6.45) is 7.84. The topological polar surface area (TPSA) is 397 Å². The number of carbonyl (C=O) groups excluding carboxylic acids is 3. The van der Waals surface area contributed by atoms with Gasteiger partial charge in [-0.25, -0.2) is 9.97 Å². The van der Waals surface area contributed by atoms with E-state index in [0.717, 1.165) is 61.5 Å². The monoisotopic (exact) mass is 925 g/mol. The number of guanidine groups is 3. The Morgan fingerprint density at radius 1 is 0.677 bits per heavy atom. The fraction of sp³-hybridized carbons (Fsp3) is 0.524. The molecule has 21 N–H and O–H groups in total. The van der Waals surface area contributed by atoms with Crippen LogP contribution < -0.4 is 72.3 Å². The van der Waals surface area contributed by atoms with Crippen molar-refractivity contribution in [2.75, 3.05) is 70.4 Å². The van der Waals surface area contributed by atoms with E-state index in [2.05, 4.69) is 64.0 Å². The molecule has 0 aliphatic carbocycles. The lowest BCUT2D eigenvalue weighted by atomic mass is 10.0. The molecule has 0 aliphatic heterocycles. The maximum atomic E-state index is 12.6. The molecular formula is C42H69ClN18O4. The second kappa shape index (κ2) is 29.3. The number of carbonyl (C=O) groups is 3. The molecule has 1 aromatic heterocycles. The highest BCUT2D eigenvalue weighted by atomic mass is 35.5. The number of hydrogen-bond donors (Lipinski definition) is 12. The third kappa shape index (κ3) is 21.3. The molecule has 358 valence electrons. The summed E-state index contributed by atoms with van der Waals surface area (Å²) in [5.74, 6) is -0.548. The molecule has 3 amide bonds. The van der Waals surface area contributed by atoms with Gasteiger partial charge in [-0.05, 0) is 112 Å².